The van der Waals surface area contributed by atoms with Gasteiger partial charge in [0.1, 0.15) is 30.4 Å². The summed E-state index contributed by atoms with van der Waals surface area (Å²) in [7, 11) is -2.87. The molecule has 1 aliphatic rings. The number of imidazole rings is 1. The molecule has 0 bridgehead atoms. The summed E-state index contributed by atoms with van der Waals surface area (Å²) in [4.78, 5) is 17.1. The fourth-order valence-corrected chi connectivity index (χ4v) is 5.41. The summed E-state index contributed by atoms with van der Waals surface area (Å²) in [5.74, 6) is -1.60. The molecule has 0 fully saturated rings. The van der Waals surface area contributed by atoms with Gasteiger partial charge in [0.15, 0.2) is 0 Å². The van der Waals surface area contributed by atoms with Gasteiger partial charge in [0.05, 0.1) is 24.1 Å². The highest BCUT2D eigenvalue weighted by Crippen LogP contribution is 2.37. The highest BCUT2D eigenvalue weighted by molar-refractivity contribution is 7.70. The predicted molar refractivity (Wildman–Crippen MR) is 128 cm³/mol. The van der Waals surface area contributed by atoms with Gasteiger partial charge in [-0.25, -0.2) is 13.8 Å². The summed E-state index contributed by atoms with van der Waals surface area (Å²) in [6.45, 7) is -0.209. The maximum Gasteiger partial charge on any atom is 0.387 e. The predicted octanol–water partition coefficient (Wildman–Crippen LogP) is 5.12. The summed E-state index contributed by atoms with van der Waals surface area (Å²) in [6, 6.07) is 11.0. The van der Waals surface area contributed by atoms with E-state index in [1.807, 2.05) is 0 Å². The molecule has 0 unspecified atom stereocenters. The van der Waals surface area contributed by atoms with Crippen molar-refractivity contribution in [2.75, 3.05) is 13.3 Å². The van der Waals surface area contributed by atoms with Crippen molar-refractivity contribution in [3.05, 3.63) is 77.1 Å². The van der Waals surface area contributed by atoms with E-state index < -0.39 is 31.3 Å². The smallest absolute Gasteiger partial charge is 0.387 e. The first-order chi connectivity index (χ1) is 17.0. The first kappa shape index (κ1) is 24.1. The number of hydrogen-bond acceptors (Lipinski definition) is 4. The van der Waals surface area contributed by atoms with Crippen LogP contribution in [0.25, 0.3) is 22.2 Å². The lowest BCUT2D eigenvalue weighted by atomic mass is 10.0. The Kier molecular flexibility index (Phi) is 5.87. The third-order valence-corrected chi connectivity index (χ3v) is 7.59. The zero-order valence-electron chi connectivity index (χ0n) is 19.2. The van der Waals surface area contributed by atoms with E-state index in [0.29, 0.717) is 11.3 Å². The van der Waals surface area contributed by atoms with Gasteiger partial charge >= 0.3 is 6.61 Å². The fourth-order valence-electron chi connectivity index (χ4n) is 4.40. The Labute approximate surface area is 203 Å². The minimum absolute atomic E-state index is 0.0233. The molecule has 0 atom stereocenters. The summed E-state index contributed by atoms with van der Waals surface area (Å²) in [5.41, 5.74) is 1.45. The van der Waals surface area contributed by atoms with Gasteiger partial charge in [-0.2, -0.15) is 8.78 Å². The van der Waals surface area contributed by atoms with Crippen molar-refractivity contribution >= 4 is 29.4 Å². The van der Waals surface area contributed by atoms with Gasteiger partial charge < -0.3 is 19.2 Å². The number of carbonyl (C=O) groups is 1. The SMILES string of the molecule is CP(C)(=O)c1ccc(-c2cc3c(cc2F)nc2n3Cc3c(OC(F)F)cccc3C(=O)NC2)cc1F. The van der Waals surface area contributed by atoms with E-state index in [0.717, 1.165) is 6.07 Å². The summed E-state index contributed by atoms with van der Waals surface area (Å²) in [5, 5.41) is 2.76. The number of halogens is 4. The zero-order chi connectivity index (χ0) is 25.8. The zero-order valence-corrected chi connectivity index (χ0v) is 20.1. The number of rotatable bonds is 4. The average molecular weight is 517 g/mol. The van der Waals surface area contributed by atoms with E-state index in [1.54, 1.807) is 4.57 Å². The van der Waals surface area contributed by atoms with Crippen LogP contribution in [-0.4, -0.2) is 35.4 Å². The van der Waals surface area contributed by atoms with E-state index in [-0.39, 0.29) is 51.9 Å². The van der Waals surface area contributed by atoms with Crippen molar-refractivity contribution in [3.63, 3.8) is 0 Å². The van der Waals surface area contributed by atoms with E-state index in [2.05, 4.69) is 15.0 Å². The maximum atomic E-state index is 15.1. The molecule has 0 aliphatic carbocycles. The van der Waals surface area contributed by atoms with Crippen LogP contribution in [-0.2, 0) is 17.7 Å². The van der Waals surface area contributed by atoms with Gasteiger partial charge in [-0.3, -0.25) is 4.79 Å². The number of aromatic nitrogens is 2. The van der Waals surface area contributed by atoms with Crippen LogP contribution in [0.1, 0.15) is 21.7 Å². The van der Waals surface area contributed by atoms with Crippen molar-refractivity contribution in [1.82, 2.24) is 14.9 Å². The van der Waals surface area contributed by atoms with Gasteiger partial charge in [-0.15, -0.1) is 0 Å². The third-order valence-electron chi connectivity index (χ3n) is 6.07. The number of nitrogens with one attached hydrogen (secondary N) is 1. The topological polar surface area (TPSA) is 73.2 Å². The number of carbonyl (C=O) groups excluding carboxylic acids is 1. The van der Waals surface area contributed by atoms with Crippen molar-refractivity contribution in [1.29, 1.82) is 0 Å². The largest absolute Gasteiger partial charge is 0.434 e. The van der Waals surface area contributed by atoms with Crippen molar-refractivity contribution in [2.45, 2.75) is 19.7 Å². The van der Waals surface area contributed by atoms with E-state index >= 15 is 4.39 Å². The molecule has 0 radical (unpaired) electrons. The van der Waals surface area contributed by atoms with Gasteiger partial charge in [-0.1, -0.05) is 12.1 Å². The first-order valence-electron chi connectivity index (χ1n) is 10.9. The van der Waals surface area contributed by atoms with E-state index in [4.69, 9.17) is 0 Å². The van der Waals surface area contributed by atoms with Gasteiger partial charge in [-0.05, 0) is 49.2 Å². The molecule has 2 heterocycles. The van der Waals surface area contributed by atoms with Crippen LogP contribution in [0.2, 0.25) is 0 Å². The molecule has 3 aromatic carbocycles. The molecule has 5 rings (SSSR count). The summed E-state index contributed by atoms with van der Waals surface area (Å²) >= 11 is 0. The lowest BCUT2D eigenvalue weighted by molar-refractivity contribution is -0.0505. The summed E-state index contributed by atoms with van der Waals surface area (Å²) in [6.07, 6.45) is 0. The molecule has 0 spiro atoms. The van der Waals surface area contributed by atoms with E-state index in [9.17, 15) is 22.5 Å². The maximum absolute atomic E-state index is 15.1. The summed E-state index contributed by atoms with van der Waals surface area (Å²) < 4.78 is 74.6. The second kappa shape index (κ2) is 8.78. The minimum atomic E-state index is -3.09. The Morgan fingerprint density at radius 1 is 1.06 bits per heavy atom. The lowest BCUT2D eigenvalue weighted by Gasteiger charge is -2.20. The van der Waals surface area contributed by atoms with Crippen LogP contribution in [0.15, 0.2) is 48.5 Å². The molecule has 11 heteroatoms. The number of ether oxygens (including phenoxy) is 1. The standard InChI is InChI=1S/C25H20F4N3O3P/c1-36(2,34)22-7-6-13(8-18(22)27)15-9-20-19(10-17(15)26)31-23-11-30-24(33)14-4-3-5-21(35-25(28)29)16(14)12-32(20)23/h3-10,25H,11-12H2,1-2H3,(H,30,33). The van der Waals surface area contributed by atoms with Gasteiger partial charge in [0.2, 0.25) is 0 Å². The molecule has 0 saturated carbocycles. The van der Waals surface area contributed by atoms with Crippen molar-refractivity contribution < 1.29 is 31.7 Å². The molecule has 4 aromatic rings. The molecular weight excluding hydrogens is 497 g/mol. The quantitative estimate of drug-likeness (QED) is 0.301. The van der Waals surface area contributed by atoms with Crippen LogP contribution in [0, 0.1) is 11.6 Å². The fraction of sp³-hybridized carbons (Fsp3) is 0.200. The Balaban J connectivity index is 1.67. The molecule has 6 nitrogen and oxygen atoms in total. The lowest BCUT2D eigenvalue weighted by Crippen LogP contribution is -2.29. The molecule has 1 aliphatic heterocycles. The Hall–Kier alpha value is -3.65. The highest BCUT2D eigenvalue weighted by Gasteiger charge is 2.25. The molecule has 1 N–H and O–H groups in total. The van der Waals surface area contributed by atoms with Gasteiger partial charge in [0, 0.05) is 28.1 Å². The molecule has 36 heavy (non-hydrogen) atoms. The van der Waals surface area contributed by atoms with Crippen molar-refractivity contribution in [2.24, 2.45) is 0 Å². The molecule has 186 valence electrons. The number of amides is 1. The van der Waals surface area contributed by atoms with Crippen LogP contribution in [0.5, 0.6) is 5.75 Å². The van der Waals surface area contributed by atoms with Crippen LogP contribution < -0.4 is 15.4 Å². The minimum Gasteiger partial charge on any atom is -0.434 e. The first-order valence-corrected chi connectivity index (χ1v) is 13.5. The van der Waals surface area contributed by atoms with E-state index in [1.165, 1.54) is 55.8 Å². The number of nitrogens with zero attached hydrogens (tertiary/aromatic N) is 2. The Morgan fingerprint density at radius 2 is 1.83 bits per heavy atom. The monoisotopic (exact) mass is 517 g/mol. The number of fused-ring (bicyclic) bond motifs is 4. The molecular formula is C25H20F4N3O3P. The molecule has 1 amide bonds. The average Bonchev–Trinajstić information content (AvgIpc) is 3.11. The second-order valence-corrected chi connectivity index (χ2v) is 12.0. The van der Waals surface area contributed by atoms with Crippen LogP contribution in [0.3, 0.4) is 0 Å². The second-order valence-electron chi connectivity index (χ2n) is 8.80. The van der Waals surface area contributed by atoms with Crippen LogP contribution >= 0.6 is 7.14 Å². The Morgan fingerprint density at radius 3 is 2.53 bits per heavy atom. The normalized spacial score (nSPS) is 13.7. The van der Waals surface area contributed by atoms with Gasteiger partial charge in [0.25, 0.3) is 5.91 Å². The number of hydrogen-bond donors (Lipinski definition) is 1. The number of benzene rings is 3. The molecule has 1 aromatic heterocycles. The van der Waals surface area contributed by atoms with Crippen molar-refractivity contribution in [3.8, 4) is 16.9 Å². The van der Waals surface area contributed by atoms with Crippen LogP contribution in [0.4, 0.5) is 17.6 Å². The molecule has 0 saturated heterocycles. The Bertz CT molecular complexity index is 1580. The highest BCUT2D eigenvalue weighted by atomic mass is 31.2. The number of alkyl halides is 2. The third kappa shape index (κ3) is 4.26.